The summed E-state index contributed by atoms with van der Waals surface area (Å²) in [4.78, 5) is 2.43. The van der Waals surface area contributed by atoms with Crippen molar-refractivity contribution in [2.75, 3.05) is 39.8 Å². The molecule has 0 bridgehead atoms. The number of fused-ring (bicyclic) bond motifs is 1. The third-order valence-corrected chi connectivity index (χ3v) is 4.12. The van der Waals surface area contributed by atoms with Gasteiger partial charge in [0.15, 0.2) is 0 Å². The second kappa shape index (κ2) is 6.31. The Balaban J connectivity index is 1.55. The zero-order valence-electron chi connectivity index (χ0n) is 11.8. The number of benzene rings is 1. The van der Waals surface area contributed by atoms with Crippen molar-refractivity contribution in [1.82, 2.24) is 10.2 Å². The molecule has 0 aromatic heterocycles. The maximum atomic E-state index is 6.03. The van der Waals surface area contributed by atoms with E-state index in [9.17, 15) is 0 Å². The van der Waals surface area contributed by atoms with Gasteiger partial charge in [0.1, 0.15) is 11.9 Å². The highest BCUT2D eigenvalue weighted by molar-refractivity contribution is 6.30. The first-order chi connectivity index (χ1) is 9.74. The number of nitrogens with one attached hydrogen (secondary N) is 1. The Morgan fingerprint density at radius 1 is 1.40 bits per heavy atom. The van der Waals surface area contributed by atoms with E-state index in [1.165, 1.54) is 5.56 Å². The number of hydrogen-bond acceptors (Lipinski definition) is 4. The van der Waals surface area contributed by atoms with Crippen molar-refractivity contribution in [1.29, 1.82) is 0 Å². The van der Waals surface area contributed by atoms with E-state index in [1.54, 1.807) is 0 Å². The van der Waals surface area contributed by atoms with Crippen LogP contribution in [-0.4, -0.2) is 56.9 Å². The Morgan fingerprint density at radius 2 is 2.30 bits per heavy atom. The second-order valence-electron chi connectivity index (χ2n) is 5.51. The molecule has 1 saturated heterocycles. The number of nitrogens with zero attached hydrogens (tertiary/aromatic N) is 1. The van der Waals surface area contributed by atoms with E-state index in [2.05, 4.69) is 10.2 Å². The molecule has 1 N–H and O–H groups in total. The van der Waals surface area contributed by atoms with Crippen LogP contribution in [-0.2, 0) is 11.2 Å². The highest BCUT2D eigenvalue weighted by Gasteiger charge is 2.27. The standard InChI is InChI=1S/C15H21ClN2O2/c1-17-8-14-10-18(4-5-19-14)9-13-7-11-6-12(16)2-3-15(11)20-13/h2-3,6,13-14,17H,4-5,7-10H2,1H3. The molecule has 3 rings (SSSR count). The van der Waals surface area contributed by atoms with Gasteiger partial charge in [-0.25, -0.2) is 0 Å². The van der Waals surface area contributed by atoms with E-state index in [0.717, 1.165) is 50.0 Å². The van der Waals surface area contributed by atoms with Gasteiger partial charge >= 0.3 is 0 Å². The quantitative estimate of drug-likeness (QED) is 0.914. The van der Waals surface area contributed by atoms with Gasteiger partial charge in [-0.2, -0.15) is 0 Å². The highest BCUT2D eigenvalue weighted by Crippen LogP contribution is 2.31. The molecule has 2 aliphatic rings. The molecule has 0 saturated carbocycles. The number of likely N-dealkylation sites (N-methyl/N-ethyl adjacent to an activating group) is 1. The summed E-state index contributed by atoms with van der Waals surface area (Å²) in [6.07, 6.45) is 1.47. The molecule has 110 valence electrons. The van der Waals surface area contributed by atoms with Crippen LogP contribution in [0.25, 0.3) is 0 Å². The summed E-state index contributed by atoms with van der Waals surface area (Å²) in [5.41, 5.74) is 1.22. The van der Waals surface area contributed by atoms with Crippen LogP contribution in [0.15, 0.2) is 18.2 Å². The molecule has 2 unspecified atom stereocenters. The molecule has 1 aromatic rings. The molecule has 0 aliphatic carbocycles. The zero-order valence-corrected chi connectivity index (χ0v) is 12.5. The van der Waals surface area contributed by atoms with Gasteiger partial charge in [-0.15, -0.1) is 0 Å². The van der Waals surface area contributed by atoms with Gasteiger partial charge in [-0.3, -0.25) is 4.90 Å². The Kier molecular flexibility index (Phi) is 4.46. The van der Waals surface area contributed by atoms with Crippen LogP contribution in [0.4, 0.5) is 0 Å². The summed E-state index contributed by atoms with van der Waals surface area (Å²) >= 11 is 6.03. The lowest BCUT2D eigenvalue weighted by Crippen LogP contribution is -2.49. The van der Waals surface area contributed by atoms with E-state index in [4.69, 9.17) is 21.1 Å². The van der Waals surface area contributed by atoms with Crippen molar-refractivity contribution in [2.24, 2.45) is 0 Å². The molecule has 2 heterocycles. The lowest BCUT2D eigenvalue weighted by Gasteiger charge is -2.34. The first-order valence-corrected chi connectivity index (χ1v) is 7.56. The molecule has 2 aliphatic heterocycles. The molecular formula is C15H21ClN2O2. The van der Waals surface area contributed by atoms with Crippen molar-refractivity contribution in [3.63, 3.8) is 0 Å². The van der Waals surface area contributed by atoms with Crippen LogP contribution in [0.5, 0.6) is 5.75 Å². The third-order valence-electron chi connectivity index (χ3n) is 3.88. The number of halogens is 1. The fourth-order valence-electron chi connectivity index (χ4n) is 2.98. The summed E-state index contributed by atoms with van der Waals surface area (Å²) in [5.74, 6) is 0.986. The zero-order chi connectivity index (χ0) is 13.9. The minimum absolute atomic E-state index is 0.233. The molecular weight excluding hydrogens is 276 g/mol. The molecule has 0 amide bonds. The highest BCUT2D eigenvalue weighted by atomic mass is 35.5. The second-order valence-corrected chi connectivity index (χ2v) is 5.94. The van der Waals surface area contributed by atoms with E-state index < -0.39 is 0 Å². The topological polar surface area (TPSA) is 33.7 Å². The van der Waals surface area contributed by atoms with Gasteiger partial charge in [-0.05, 0) is 30.8 Å². The van der Waals surface area contributed by atoms with Crippen LogP contribution < -0.4 is 10.1 Å². The minimum atomic E-state index is 0.233. The summed E-state index contributed by atoms with van der Waals surface area (Å²) in [6.45, 7) is 4.61. The minimum Gasteiger partial charge on any atom is -0.488 e. The molecule has 0 radical (unpaired) electrons. The molecule has 20 heavy (non-hydrogen) atoms. The number of ether oxygens (including phenoxy) is 2. The van der Waals surface area contributed by atoms with Crippen LogP contribution >= 0.6 is 11.6 Å². The average Bonchev–Trinajstić information content (AvgIpc) is 2.81. The van der Waals surface area contributed by atoms with Crippen molar-refractivity contribution in [2.45, 2.75) is 18.6 Å². The maximum absolute atomic E-state index is 6.03. The maximum Gasteiger partial charge on any atom is 0.123 e. The lowest BCUT2D eigenvalue weighted by molar-refractivity contribution is -0.0347. The van der Waals surface area contributed by atoms with Crippen molar-refractivity contribution in [3.05, 3.63) is 28.8 Å². The van der Waals surface area contributed by atoms with Gasteiger partial charge in [0.05, 0.1) is 12.7 Å². The fraction of sp³-hybridized carbons (Fsp3) is 0.600. The number of hydrogen-bond donors (Lipinski definition) is 1. The van der Waals surface area contributed by atoms with E-state index in [-0.39, 0.29) is 12.2 Å². The van der Waals surface area contributed by atoms with E-state index in [1.807, 2.05) is 25.2 Å². The summed E-state index contributed by atoms with van der Waals surface area (Å²) in [6, 6.07) is 5.88. The van der Waals surface area contributed by atoms with Gasteiger partial charge in [0, 0.05) is 37.6 Å². The van der Waals surface area contributed by atoms with Gasteiger partial charge in [-0.1, -0.05) is 11.6 Å². The van der Waals surface area contributed by atoms with Crippen molar-refractivity contribution >= 4 is 11.6 Å². The Morgan fingerprint density at radius 3 is 3.15 bits per heavy atom. The number of rotatable bonds is 4. The van der Waals surface area contributed by atoms with Gasteiger partial charge < -0.3 is 14.8 Å². The summed E-state index contributed by atoms with van der Waals surface area (Å²) in [5, 5.41) is 3.96. The van der Waals surface area contributed by atoms with Crippen molar-refractivity contribution in [3.8, 4) is 5.75 Å². The average molecular weight is 297 g/mol. The van der Waals surface area contributed by atoms with Crippen LogP contribution in [0.2, 0.25) is 5.02 Å². The lowest BCUT2D eigenvalue weighted by atomic mass is 10.1. The van der Waals surface area contributed by atoms with Crippen molar-refractivity contribution < 1.29 is 9.47 Å². The van der Waals surface area contributed by atoms with Gasteiger partial charge in [0.2, 0.25) is 0 Å². The summed E-state index contributed by atoms with van der Waals surface area (Å²) < 4.78 is 11.7. The van der Waals surface area contributed by atoms with Crippen LogP contribution in [0.3, 0.4) is 0 Å². The molecule has 0 spiro atoms. The number of morpholine rings is 1. The largest absolute Gasteiger partial charge is 0.488 e. The molecule has 5 heteroatoms. The Bertz CT molecular complexity index is 467. The van der Waals surface area contributed by atoms with E-state index in [0.29, 0.717) is 0 Å². The molecule has 1 aromatic carbocycles. The fourth-order valence-corrected chi connectivity index (χ4v) is 3.17. The van der Waals surface area contributed by atoms with E-state index >= 15 is 0 Å². The normalized spacial score (nSPS) is 26.3. The third kappa shape index (κ3) is 3.26. The Labute approximate surface area is 125 Å². The summed E-state index contributed by atoms with van der Waals surface area (Å²) in [7, 11) is 1.96. The molecule has 2 atom stereocenters. The Hall–Kier alpha value is -0.810. The predicted octanol–water partition coefficient (Wildman–Crippen LogP) is 1.56. The SMILES string of the molecule is CNCC1CN(CC2Cc3cc(Cl)ccc3O2)CCO1. The monoisotopic (exact) mass is 296 g/mol. The van der Waals surface area contributed by atoms with Crippen LogP contribution in [0, 0.1) is 0 Å². The van der Waals surface area contributed by atoms with Gasteiger partial charge in [0.25, 0.3) is 0 Å². The first-order valence-electron chi connectivity index (χ1n) is 7.18. The molecule has 1 fully saturated rings. The smallest absolute Gasteiger partial charge is 0.123 e. The van der Waals surface area contributed by atoms with Crippen LogP contribution in [0.1, 0.15) is 5.56 Å². The predicted molar refractivity (Wildman–Crippen MR) is 79.7 cm³/mol. The first kappa shape index (κ1) is 14.1. The molecule has 4 nitrogen and oxygen atoms in total.